The number of sulfone groups is 1. The van der Waals surface area contributed by atoms with Crippen molar-refractivity contribution >= 4 is 21.4 Å². The van der Waals surface area contributed by atoms with E-state index < -0.39 is 20.5 Å². The smallest absolute Gasteiger partial charge is 0.246 e. The van der Waals surface area contributed by atoms with Gasteiger partial charge in [0.15, 0.2) is 14.6 Å². The minimum absolute atomic E-state index is 0.140. The summed E-state index contributed by atoms with van der Waals surface area (Å²) in [6.07, 6.45) is 1.37. The van der Waals surface area contributed by atoms with Crippen LogP contribution >= 0.6 is 0 Å². The second kappa shape index (κ2) is 3.01. The van der Waals surface area contributed by atoms with Gasteiger partial charge >= 0.3 is 0 Å². The Morgan fingerprint density at radius 3 is 2.59 bits per heavy atom. The minimum Gasteiger partial charge on any atom is -0.507 e. The number of hydrogen-bond donors (Lipinski definition) is 2. The maximum atomic E-state index is 12.4. The van der Waals surface area contributed by atoms with Crippen LogP contribution in [0, 0.1) is 0 Å². The highest BCUT2D eigenvalue weighted by Crippen LogP contribution is 2.50. The first-order valence-electron chi connectivity index (χ1n) is 5.37. The van der Waals surface area contributed by atoms with E-state index in [9.17, 15) is 18.3 Å². The first kappa shape index (κ1) is 10.6. The maximum Gasteiger partial charge on any atom is 0.246 e. The second-order valence-electron chi connectivity index (χ2n) is 4.46. The molecule has 1 amide bonds. The van der Waals surface area contributed by atoms with Crippen molar-refractivity contribution in [2.75, 3.05) is 5.32 Å². The number of carbonyl (C=O) groups excluding carboxylic acids is 1. The van der Waals surface area contributed by atoms with Gasteiger partial charge in [-0.2, -0.15) is 0 Å². The standard InChI is InChI=1S/C11H11NO4S/c13-8-4-1-3-7-9(8)17(15,16)11(5-2-6-11)10(14)12-7/h1,3-4,13H,2,5-6H2,(H,12,14). The molecule has 1 aromatic rings. The highest BCUT2D eigenvalue weighted by Gasteiger charge is 2.59. The Hall–Kier alpha value is -1.56. The zero-order valence-electron chi connectivity index (χ0n) is 8.93. The maximum absolute atomic E-state index is 12.4. The molecule has 90 valence electrons. The van der Waals surface area contributed by atoms with Crippen LogP contribution in [0.3, 0.4) is 0 Å². The average molecular weight is 253 g/mol. The number of amides is 1. The summed E-state index contributed by atoms with van der Waals surface area (Å²) in [5.41, 5.74) is 0.174. The van der Waals surface area contributed by atoms with Gasteiger partial charge in [0.2, 0.25) is 5.91 Å². The molecule has 0 saturated heterocycles. The van der Waals surface area contributed by atoms with Crippen LogP contribution in [0.1, 0.15) is 19.3 Å². The van der Waals surface area contributed by atoms with Crippen LogP contribution in [0.5, 0.6) is 5.75 Å². The largest absolute Gasteiger partial charge is 0.507 e. The Bertz CT molecular complexity index is 616. The number of rotatable bonds is 0. The van der Waals surface area contributed by atoms with E-state index in [4.69, 9.17) is 0 Å². The molecule has 2 aliphatic rings. The highest BCUT2D eigenvalue weighted by molar-refractivity contribution is 7.94. The lowest BCUT2D eigenvalue weighted by molar-refractivity contribution is -0.120. The van der Waals surface area contributed by atoms with E-state index in [1.165, 1.54) is 18.2 Å². The Balaban J connectivity index is 2.33. The van der Waals surface area contributed by atoms with Gasteiger partial charge in [0.25, 0.3) is 0 Å². The van der Waals surface area contributed by atoms with Gasteiger partial charge in [-0.15, -0.1) is 0 Å². The van der Waals surface area contributed by atoms with Gasteiger partial charge in [-0.3, -0.25) is 4.79 Å². The van der Waals surface area contributed by atoms with Crippen LogP contribution in [0.2, 0.25) is 0 Å². The van der Waals surface area contributed by atoms with Crippen molar-refractivity contribution in [1.29, 1.82) is 0 Å². The van der Waals surface area contributed by atoms with Crippen LogP contribution in [0.25, 0.3) is 0 Å². The molecule has 17 heavy (non-hydrogen) atoms. The fourth-order valence-electron chi connectivity index (χ4n) is 2.45. The zero-order valence-corrected chi connectivity index (χ0v) is 9.75. The molecular weight excluding hydrogens is 242 g/mol. The molecular formula is C11H11NO4S. The van der Waals surface area contributed by atoms with E-state index in [1.807, 2.05) is 0 Å². The summed E-state index contributed by atoms with van der Waals surface area (Å²) in [5.74, 6) is -0.768. The molecule has 0 bridgehead atoms. The monoisotopic (exact) mass is 253 g/mol. The number of anilines is 1. The molecule has 1 fully saturated rings. The van der Waals surface area contributed by atoms with Gasteiger partial charge in [0, 0.05) is 0 Å². The summed E-state index contributed by atoms with van der Waals surface area (Å²) in [4.78, 5) is 11.8. The molecule has 0 atom stereocenters. The van der Waals surface area contributed by atoms with Crippen molar-refractivity contribution in [1.82, 2.24) is 0 Å². The molecule has 0 unspecified atom stereocenters. The van der Waals surface area contributed by atoms with Crippen LogP contribution in [0.15, 0.2) is 23.1 Å². The molecule has 1 spiro atoms. The van der Waals surface area contributed by atoms with Crippen molar-refractivity contribution in [2.24, 2.45) is 0 Å². The molecule has 3 rings (SSSR count). The van der Waals surface area contributed by atoms with Crippen LogP contribution in [0.4, 0.5) is 5.69 Å². The predicted molar refractivity (Wildman–Crippen MR) is 60.5 cm³/mol. The third-order valence-electron chi connectivity index (χ3n) is 3.60. The fourth-order valence-corrected chi connectivity index (χ4v) is 4.72. The molecule has 1 aliphatic heterocycles. The molecule has 2 N–H and O–H groups in total. The average Bonchev–Trinajstić information content (AvgIpc) is 2.12. The van der Waals surface area contributed by atoms with Crippen LogP contribution in [-0.4, -0.2) is 24.2 Å². The summed E-state index contributed by atoms with van der Waals surface area (Å²) < 4.78 is 23.5. The number of fused-ring (bicyclic) bond motifs is 1. The SMILES string of the molecule is O=C1Nc2cccc(O)c2S(=O)(=O)C12CCC2. The normalized spacial score (nSPS) is 23.6. The van der Waals surface area contributed by atoms with Crippen molar-refractivity contribution < 1.29 is 18.3 Å². The molecule has 6 heteroatoms. The molecule has 0 radical (unpaired) electrons. The first-order chi connectivity index (χ1) is 7.99. The number of benzene rings is 1. The summed E-state index contributed by atoms with van der Waals surface area (Å²) >= 11 is 0. The lowest BCUT2D eigenvalue weighted by Gasteiger charge is -2.42. The van der Waals surface area contributed by atoms with Gasteiger partial charge in [0.1, 0.15) is 10.6 Å². The van der Waals surface area contributed by atoms with E-state index in [-0.39, 0.29) is 16.3 Å². The van der Waals surface area contributed by atoms with Crippen molar-refractivity contribution in [3.8, 4) is 5.75 Å². The van der Waals surface area contributed by atoms with E-state index in [2.05, 4.69) is 5.32 Å². The summed E-state index contributed by atoms with van der Waals surface area (Å²) in [6.45, 7) is 0. The van der Waals surface area contributed by atoms with Crippen molar-refractivity contribution in [2.45, 2.75) is 28.9 Å². The number of carbonyl (C=O) groups is 1. The van der Waals surface area contributed by atoms with Crippen molar-refractivity contribution in [3.05, 3.63) is 18.2 Å². The summed E-state index contributed by atoms with van der Waals surface area (Å²) in [5, 5.41) is 12.3. The lowest BCUT2D eigenvalue weighted by Crippen LogP contribution is -2.57. The molecule has 5 nitrogen and oxygen atoms in total. The topological polar surface area (TPSA) is 83.5 Å². The zero-order chi connectivity index (χ0) is 12.3. The Kier molecular flexibility index (Phi) is 1.87. The number of phenols is 1. The van der Waals surface area contributed by atoms with E-state index in [1.54, 1.807) is 0 Å². The van der Waals surface area contributed by atoms with Gasteiger partial charge in [-0.05, 0) is 31.4 Å². The summed E-state index contributed by atoms with van der Waals surface area (Å²) in [7, 11) is -3.79. The van der Waals surface area contributed by atoms with Gasteiger partial charge in [-0.1, -0.05) is 6.07 Å². The number of hydrogen-bond acceptors (Lipinski definition) is 4. The highest BCUT2D eigenvalue weighted by atomic mass is 32.2. The van der Waals surface area contributed by atoms with Gasteiger partial charge in [0.05, 0.1) is 5.69 Å². The van der Waals surface area contributed by atoms with Gasteiger partial charge in [-0.25, -0.2) is 8.42 Å². The minimum atomic E-state index is -3.79. The molecule has 1 aliphatic carbocycles. The predicted octanol–water partition coefficient (Wildman–Crippen LogP) is 1.04. The number of nitrogens with one attached hydrogen (secondary N) is 1. The Morgan fingerprint density at radius 2 is 2.00 bits per heavy atom. The van der Waals surface area contributed by atoms with E-state index in [0.717, 1.165) is 6.42 Å². The quantitative estimate of drug-likeness (QED) is 0.723. The molecule has 1 heterocycles. The molecule has 0 aromatic heterocycles. The first-order valence-corrected chi connectivity index (χ1v) is 6.85. The number of phenolic OH excluding ortho intramolecular Hbond substituents is 1. The van der Waals surface area contributed by atoms with Crippen molar-refractivity contribution in [3.63, 3.8) is 0 Å². The van der Waals surface area contributed by atoms with E-state index in [0.29, 0.717) is 12.8 Å². The third kappa shape index (κ3) is 1.08. The summed E-state index contributed by atoms with van der Waals surface area (Å²) in [6, 6.07) is 4.30. The van der Waals surface area contributed by atoms with E-state index >= 15 is 0 Å². The van der Waals surface area contributed by atoms with Gasteiger partial charge < -0.3 is 10.4 Å². The second-order valence-corrected chi connectivity index (χ2v) is 6.66. The number of aromatic hydroxyl groups is 1. The lowest BCUT2D eigenvalue weighted by atomic mass is 9.83. The van der Waals surface area contributed by atoms with Crippen LogP contribution < -0.4 is 5.32 Å². The Morgan fingerprint density at radius 1 is 1.29 bits per heavy atom. The molecule has 1 aromatic carbocycles. The third-order valence-corrected chi connectivity index (χ3v) is 6.19. The fraction of sp³-hybridized carbons (Fsp3) is 0.364. The Labute approximate surface area is 98.4 Å². The molecule has 1 saturated carbocycles. The van der Waals surface area contributed by atoms with Crippen LogP contribution in [-0.2, 0) is 14.6 Å².